The third-order valence-corrected chi connectivity index (χ3v) is 6.15. The summed E-state index contributed by atoms with van der Waals surface area (Å²) in [6, 6.07) is 23.6. The monoisotopic (exact) mass is 414 g/mol. The van der Waals surface area contributed by atoms with Crippen molar-refractivity contribution in [3.05, 3.63) is 101 Å². The summed E-state index contributed by atoms with van der Waals surface area (Å²) in [4.78, 5) is 13.5. The van der Waals surface area contributed by atoms with E-state index in [1.54, 1.807) is 4.68 Å². The minimum atomic E-state index is -0.456. The lowest BCUT2D eigenvalue weighted by molar-refractivity contribution is 0.0989. The molecular formula is C24H22N4OS. The number of rotatable bonds is 6. The van der Waals surface area contributed by atoms with Crippen LogP contribution in [0.15, 0.2) is 78.0 Å². The van der Waals surface area contributed by atoms with Gasteiger partial charge in [-0.1, -0.05) is 89.6 Å². The molecule has 5 nitrogen and oxygen atoms in total. The van der Waals surface area contributed by atoms with E-state index in [1.165, 1.54) is 11.8 Å². The van der Waals surface area contributed by atoms with Crippen LogP contribution in [-0.2, 0) is 0 Å². The van der Waals surface area contributed by atoms with Gasteiger partial charge in [-0.2, -0.15) is 4.68 Å². The van der Waals surface area contributed by atoms with Crippen LogP contribution < -0.4 is 0 Å². The lowest BCUT2D eigenvalue weighted by Crippen LogP contribution is -2.12. The summed E-state index contributed by atoms with van der Waals surface area (Å²) < 4.78 is 1.70. The summed E-state index contributed by atoms with van der Waals surface area (Å²) in [6.07, 6.45) is 0. The maximum atomic E-state index is 13.5. The van der Waals surface area contributed by atoms with Gasteiger partial charge in [0.15, 0.2) is 5.78 Å². The largest absolute Gasteiger partial charge is 0.293 e. The number of para-hydroxylation sites is 1. The maximum Gasteiger partial charge on any atom is 0.215 e. The minimum Gasteiger partial charge on any atom is -0.293 e. The van der Waals surface area contributed by atoms with Crippen molar-refractivity contribution in [2.75, 3.05) is 0 Å². The highest BCUT2D eigenvalue weighted by Crippen LogP contribution is 2.37. The molecule has 0 saturated carbocycles. The molecule has 0 aliphatic heterocycles. The van der Waals surface area contributed by atoms with Gasteiger partial charge in [0.05, 0.1) is 5.69 Å². The Labute approximate surface area is 180 Å². The highest BCUT2D eigenvalue weighted by Gasteiger charge is 2.26. The van der Waals surface area contributed by atoms with Crippen LogP contribution in [0.25, 0.3) is 5.69 Å². The molecule has 0 radical (unpaired) electrons. The van der Waals surface area contributed by atoms with Crippen molar-refractivity contribution >= 4 is 17.5 Å². The normalized spacial score (nSPS) is 12.0. The van der Waals surface area contributed by atoms with E-state index in [4.69, 9.17) is 0 Å². The molecule has 150 valence electrons. The van der Waals surface area contributed by atoms with Crippen LogP contribution in [0.5, 0.6) is 0 Å². The molecule has 4 rings (SSSR count). The number of hydrogen-bond donors (Lipinski definition) is 0. The number of carbonyl (C=O) groups is 1. The lowest BCUT2D eigenvalue weighted by atomic mass is 10.0. The number of tetrazole rings is 1. The summed E-state index contributed by atoms with van der Waals surface area (Å²) in [5, 5.41) is 12.4. The Hall–Kier alpha value is -3.25. The number of benzene rings is 3. The molecule has 1 heterocycles. The molecule has 0 saturated heterocycles. The van der Waals surface area contributed by atoms with Crippen LogP contribution in [-0.4, -0.2) is 26.0 Å². The van der Waals surface area contributed by atoms with E-state index in [-0.39, 0.29) is 5.78 Å². The number of aryl methyl sites for hydroxylation is 3. The summed E-state index contributed by atoms with van der Waals surface area (Å²) in [6.45, 7) is 6.06. The molecule has 0 aliphatic carbocycles. The van der Waals surface area contributed by atoms with Crippen LogP contribution >= 0.6 is 11.8 Å². The zero-order valence-electron chi connectivity index (χ0n) is 17.1. The molecule has 30 heavy (non-hydrogen) atoms. The van der Waals surface area contributed by atoms with Gasteiger partial charge < -0.3 is 0 Å². The second kappa shape index (κ2) is 8.63. The Morgan fingerprint density at radius 1 is 0.867 bits per heavy atom. The fourth-order valence-electron chi connectivity index (χ4n) is 3.19. The van der Waals surface area contributed by atoms with Crippen LogP contribution in [0.3, 0.4) is 0 Å². The molecular weight excluding hydrogens is 392 g/mol. The van der Waals surface area contributed by atoms with E-state index in [1.807, 2.05) is 93.6 Å². The predicted octanol–water partition coefficient (Wildman–Crippen LogP) is 5.30. The minimum absolute atomic E-state index is 0.0307. The third-order valence-electron chi connectivity index (χ3n) is 4.96. The Morgan fingerprint density at radius 2 is 1.50 bits per heavy atom. The number of hydrogen-bond acceptors (Lipinski definition) is 5. The summed E-state index contributed by atoms with van der Waals surface area (Å²) >= 11 is 1.37. The molecule has 1 aromatic heterocycles. The van der Waals surface area contributed by atoms with E-state index in [9.17, 15) is 4.79 Å². The molecule has 3 aromatic carbocycles. The van der Waals surface area contributed by atoms with Crippen molar-refractivity contribution in [3.63, 3.8) is 0 Å². The van der Waals surface area contributed by atoms with Crippen molar-refractivity contribution in [1.82, 2.24) is 20.2 Å². The number of ketones is 1. The van der Waals surface area contributed by atoms with Gasteiger partial charge in [0.1, 0.15) is 5.25 Å². The fourth-order valence-corrected chi connectivity index (χ4v) is 4.26. The standard InChI is InChI=1S/C24H22N4OS/c1-16-8-12-19(13-9-16)22(29)23(20-14-10-17(2)11-15-20)30-24-25-26-27-28(24)21-7-5-4-6-18(21)3/h4-15,23H,1-3H3. The molecule has 6 heteroatoms. The number of aromatic nitrogens is 4. The topological polar surface area (TPSA) is 60.7 Å². The molecule has 0 N–H and O–H groups in total. The Kier molecular flexibility index (Phi) is 5.77. The first-order valence-corrected chi connectivity index (χ1v) is 10.6. The van der Waals surface area contributed by atoms with Crippen LogP contribution in [0.4, 0.5) is 0 Å². The van der Waals surface area contributed by atoms with E-state index in [2.05, 4.69) is 15.5 Å². The Bertz CT molecular complexity index is 1170. The quantitative estimate of drug-likeness (QED) is 0.316. The van der Waals surface area contributed by atoms with Gasteiger partial charge in [-0.15, -0.1) is 5.10 Å². The molecule has 4 aromatic rings. The summed E-state index contributed by atoms with van der Waals surface area (Å²) in [7, 11) is 0. The van der Waals surface area contributed by atoms with Gasteiger partial charge >= 0.3 is 0 Å². The van der Waals surface area contributed by atoms with Gasteiger partial charge in [-0.05, 0) is 48.4 Å². The number of nitrogens with zero attached hydrogens (tertiary/aromatic N) is 4. The molecule has 1 atom stereocenters. The lowest BCUT2D eigenvalue weighted by Gasteiger charge is -2.16. The highest BCUT2D eigenvalue weighted by atomic mass is 32.2. The van der Waals surface area contributed by atoms with E-state index < -0.39 is 5.25 Å². The molecule has 0 fully saturated rings. The predicted molar refractivity (Wildman–Crippen MR) is 119 cm³/mol. The van der Waals surface area contributed by atoms with Crippen molar-refractivity contribution in [2.45, 2.75) is 31.2 Å². The third kappa shape index (κ3) is 4.19. The van der Waals surface area contributed by atoms with Crippen molar-refractivity contribution in [3.8, 4) is 5.69 Å². The van der Waals surface area contributed by atoms with Gasteiger partial charge in [-0.25, -0.2) is 0 Å². The number of thioether (sulfide) groups is 1. The Morgan fingerprint density at radius 3 is 2.17 bits per heavy atom. The SMILES string of the molecule is Cc1ccc(C(=O)C(Sc2nnnn2-c2ccccc2C)c2ccc(C)cc2)cc1. The molecule has 1 unspecified atom stereocenters. The number of Topliss-reactive ketones (excluding diaryl/α,β-unsaturated/α-hetero) is 1. The smallest absolute Gasteiger partial charge is 0.215 e. The van der Waals surface area contributed by atoms with Gasteiger partial charge in [0.25, 0.3) is 0 Å². The van der Waals surface area contributed by atoms with Crippen molar-refractivity contribution < 1.29 is 4.79 Å². The molecule has 0 bridgehead atoms. The van der Waals surface area contributed by atoms with Crippen molar-refractivity contribution in [1.29, 1.82) is 0 Å². The van der Waals surface area contributed by atoms with Crippen LogP contribution in [0, 0.1) is 20.8 Å². The van der Waals surface area contributed by atoms with E-state index in [0.29, 0.717) is 10.7 Å². The molecule has 0 aliphatic rings. The van der Waals surface area contributed by atoms with Gasteiger partial charge in [0.2, 0.25) is 5.16 Å². The zero-order valence-corrected chi connectivity index (χ0v) is 17.9. The first-order chi connectivity index (χ1) is 14.5. The molecule has 0 amide bonds. The maximum absolute atomic E-state index is 13.5. The fraction of sp³-hybridized carbons (Fsp3) is 0.167. The first kappa shape index (κ1) is 20.0. The average molecular weight is 415 g/mol. The second-order valence-corrected chi connectivity index (χ2v) is 8.37. The average Bonchev–Trinajstić information content (AvgIpc) is 3.21. The molecule has 0 spiro atoms. The Balaban J connectivity index is 1.74. The van der Waals surface area contributed by atoms with E-state index in [0.717, 1.165) is 27.9 Å². The van der Waals surface area contributed by atoms with Crippen molar-refractivity contribution in [2.24, 2.45) is 0 Å². The summed E-state index contributed by atoms with van der Waals surface area (Å²) in [5.41, 5.74) is 5.83. The first-order valence-electron chi connectivity index (χ1n) is 9.71. The zero-order chi connectivity index (χ0) is 21.1. The van der Waals surface area contributed by atoms with E-state index >= 15 is 0 Å². The van der Waals surface area contributed by atoms with Crippen LogP contribution in [0.1, 0.15) is 37.9 Å². The summed E-state index contributed by atoms with van der Waals surface area (Å²) in [5.74, 6) is 0.0307. The number of carbonyl (C=O) groups excluding carboxylic acids is 1. The highest BCUT2D eigenvalue weighted by molar-refractivity contribution is 8.00. The van der Waals surface area contributed by atoms with Gasteiger partial charge in [-0.3, -0.25) is 4.79 Å². The van der Waals surface area contributed by atoms with Crippen LogP contribution in [0.2, 0.25) is 0 Å². The second-order valence-electron chi connectivity index (χ2n) is 7.30. The van der Waals surface area contributed by atoms with Gasteiger partial charge in [0, 0.05) is 5.56 Å².